The molecule has 1 aromatic rings. The van der Waals surface area contributed by atoms with Crippen LogP contribution in [0.2, 0.25) is 0 Å². The number of ether oxygens (including phenoxy) is 1. The van der Waals surface area contributed by atoms with Gasteiger partial charge in [0.2, 0.25) is 0 Å². The second kappa shape index (κ2) is 4.59. The number of aromatic hydroxyl groups is 1. The van der Waals surface area contributed by atoms with Crippen molar-refractivity contribution in [1.29, 1.82) is 0 Å². The third kappa shape index (κ3) is 1.69. The van der Waals surface area contributed by atoms with Gasteiger partial charge in [0.15, 0.2) is 23.4 Å². The van der Waals surface area contributed by atoms with Crippen molar-refractivity contribution >= 4 is 5.78 Å². The van der Waals surface area contributed by atoms with Crippen LogP contribution in [0.1, 0.15) is 48.8 Å². The number of phenols is 1. The fourth-order valence-electron chi connectivity index (χ4n) is 6.49. The van der Waals surface area contributed by atoms with Gasteiger partial charge in [0.25, 0.3) is 0 Å². The van der Waals surface area contributed by atoms with Crippen LogP contribution in [0.15, 0.2) is 6.07 Å². The van der Waals surface area contributed by atoms with Crippen LogP contribution in [0.5, 0.6) is 11.5 Å². The fourth-order valence-corrected chi connectivity index (χ4v) is 6.49. The van der Waals surface area contributed by atoms with Crippen molar-refractivity contribution in [2.45, 2.75) is 63.0 Å². The number of phenolic OH excluding ortho intramolecular Hbond substituents is 1. The molecule has 0 amide bonds. The molecule has 2 saturated carbocycles. The Morgan fingerprint density at radius 1 is 1.36 bits per heavy atom. The molecule has 25 heavy (non-hydrogen) atoms. The van der Waals surface area contributed by atoms with Crippen molar-refractivity contribution in [2.24, 2.45) is 11.8 Å². The maximum atomic E-state index is 12.8. The zero-order valence-corrected chi connectivity index (χ0v) is 14.8. The molecule has 1 saturated heterocycles. The number of Topliss-reactive ketones (excluding diaryl/α,β-unsaturated/α-hetero) is 1. The first-order valence-electron chi connectivity index (χ1n) is 9.89. The first-order valence-corrected chi connectivity index (χ1v) is 9.89. The summed E-state index contributed by atoms with van der Waals surface area (Å²) in [6, 6.07) is 2.70. The number of nitrogens with zero attached hydrogens (tertiary/aromatic N) is 1. The van der Waals surface area contributed by atoms with Crippen LogP contribution < -0.4 is 4.74 Å². The summed E-state index contributed by atoms with van der Waals surface area (Å²) in [6.07, 6.45) is 6.07. The van der Waals surface area contributed by atoms with E-state index in [-0.39, 0.29) is 23.1 Å². The van der Waals surface area contributed by atoms with Gasteiger partial charge >= 0.3 is 0 Å². The lowest BCUT2D eigenvalue weighted by Gasteiger charge is -2.57. The lowest BCUT2D eigenvalue weighted by Crippen LogP contribution is -2.66. The van der Waals surface area contributed by atoms with E-state index < -0.39 is 0 Å². The van der Waals surface area contributed by atoms with E-state index in [1.165, 1.54) is 30.5 Å². The van der Waals surface area contributed by atoms with Crippen molar-refractivity contribution < 1.29 is 14.6 Å². The highest BCUT2D eigenvalue weighted by Crippen LogP contribution is 2.63. The van der Waals surface area contributed by atoms with Gasteiger partial charge in [-0.05, 0) is 68.5 Å². The van der Waals surface area contributed by atoms with Gasteiger partial charge in [-0.3, -0.25) is 9.69 Å². The smallest absolute Gasteiger partial charge is 0.174 e. The summed E-state index contributed by atoms with van der Waals surface area (Å²) in [6.45, 7) is 4.25. The summed E-state index contributed by atoms with van der Waals surface area (Å²) in [5, 5.41) is 10.6. The third-order valence-corrected chi connectivity index (χ3v) is 7.72. The predicted octanol–water partition coefficient (Wildman–Crippen LogP) is 2.72. The largest absolute Gasteiger partial charge is 0.504 e. The standard InChI is InChI=1S/C21H25NO3/c1-11-8-13-9-15-14-4-5-16(23)20-21(14,17(13)19(25-20)18(11)24)6-7-22(15)10-12-2-3-12/h8,12,14-15,20,24H,2-7,9-10H2,1H3/t14?,15?,20-,21-/m1/s1. The Bertz CT molecular complexity index is 799. The molecule has 2 unspecified atom stereocenters. The molecule has 2 bridgehead atoms. The highest BCUT2D eigenvalue weighted by Gasteiger charge is 2.66. The SMILES string of the molecule is Cc1cc2c3c(c1O)O[C@@H]1C(=O)CCC4C(C2)N(CC2CC2)CC[C@]341. The van der Waals surface area contributed by atoms with Gasteiger partial charge in [0.05, 0.1) is 0 Å². The molecule has 1 aromatic carbocycles. The minimum atomic E-state index is -0.362. The molecule has 5 aliphatic rings. The lowest BCUT2D eigenvalue weighted by molar-refractivity contribution is -0.138. The van der Waals surface area contributed by atoms with Crippen LogP contribution in [0.25, 0.3) is 0 Å². The van der Waals surface area contributed by atoms with Crippen molar-refractivity contribution in [3.05, 3.63) is 22.8 Å². The molecular weight excluding hydrogens is 314 g/mol. The van der Waals surface area contributed by atoms with E-state index in [9.17, 15) is 9.90 Å². The van der Waals surface area contributed by atoms with E-state index in [4.69, 9.17) is 4.74 Å². The minimum Gasteiger partial charge on any atom is -0.504 e. The zero-order chi connectivity index (χ0) is 16.9. The molecule has 4 heteroatoms. The summed E-state index contributed by atoms with van der Waals surface area (Å²) in [7, 11) is 0. The molecular formula is C21H25NO3. The summed E-state index contributed by atoms with van der Waals surface area (Å²) in [5.74, 6) is 2.53. The molecule has 3 fully saturated rings. The van der Waals surface area contributed by atoms with E-state index in [1.54, 1.807) is 0 Å². The molecule has 0 aromatic heterocycles. The quantitative estimate of drug-likeness (QED) is 0.900. The maximum Gasteiger partial charge on any atom is 0.174 e. The Hall–Kier alpha value is -1.55. The number of carbonyl (C=O) groups is 1. The van der Waals surface area contributed by atoms with Gasteiger partial charge in [-0.15, -0.1) is 0 Å². The maximum absolute atomic E-state index is 12.8. The number of piperidine rings is 1. The number of carbonyl (C=O) groups excluding carboxylic acids is 1. The third-order valence-electron chi connectivity index (χ3n) is 7.72. The summed E-state index contributed by atoms with van der Waals surface area (Å²) < 4.78 is 6.21. The van der Waals surface area contributed by atoms with Crippen molar-refractivity contribution in [1.82, 2.24) is 4.90 Å². The van der Waals surface area contributed by atoms with E-state index >= 15 is 0 Å². The summed E-state index contributed by atoms with van der Waals surface area (Å²) in [5.41, 5.74) is 3.22. The number of hydrogen-bond acceptors (Lipinski definition) is 4. The molecule has 3 aliphatic carbocycles. The number of hydrogen-bond donors (Lipinski definition) is 1. The highest BCUT2D eigenvalue weighted by molar-refractivity contribution is 5.89. The monoisotopic (exact) mass is 339 g/mol. The van der Waals surface area contributed by atoms with Gasteiger partial charge in [0, 0.05) is 30.0 Å². The zero-order valence-electron chi connectivity index (χ0n) is 14.8. The predicted molar refractivity (Wildman–Crippen MR) is 93.1 cm³/mol. The van der Waals surface area contributed by atoms with Crippen molar-refractivity contribution in [2.75, 3.05) is 13.1 Å². The number of aryl methyl sites for hydroxylation is 1. The van der Waals surface area contributed by atoms with Crippen LogP contribution in [0.3, 0.4) is 0 Å². The Kier molecular flexibility index (Phi) is 2.68. The van der Waals surface area contributed by atoms with Gasteiger partial charge in [0.1, 0.15) is 0 Å². The Balaban J connectivity index is 1.55. The average molecular weight is 339 g/mol. The molecule has 1 N–H and O–H groups in total. The summed E-state index contributed by atoms with van der Waals surface area (Å²) in [4.78, 5) is 15.5. The molecule has 2 heterocycles. The van der Waals surface area contributed by atoms with E-state index in [0.717, 1.165) is 37.3 Å². The Labute approximate surface area is 148 Å². The normalized spacial score (nSPS) is 38.4. The molecule has 1 spiro atoms. The number of likely N-dealkylation sites (tertiary alicyclic amines) is 1. The molecule has 132 valence electrons. The molecule has 4 atom stereocenters. The average Bonchev–Trinajstić information content (AvgIpc) is 3.33. The molecule has 4 nitrogen and oxygen atoms in total. The lowest BCUT2D eigenvalue weighted by atomic mass is 9.51. The van der Waals surface area contributed by atoms with Crippen LogP contribution in [-0.4, -0.2) is 41.0 Å². The number of rotatable bonds is 2. The van der Waals surface area contributed by atoms with Crippen LogP contribution >= 0.6 is 0 Å². The minimum absolute atomic E-state index is 0.172. The number of ketones is 1. The van der Waals surface area contributed by atoms with Gasteiger partial charge in [-0.1, -0.05) is 6.07 Å². The van der Waals surface area contributed by atoms with Crippen molar-refractivity contribution in [3.8, 4) is 11.5 Å². The van der Waals surface area contributed by atoms with E-state index in [0.29, 0.717) is 24.1 Å². The number of benzene rings is 1. The van der Waals surface area contributed by atoms with E-state index in [2.05, 4.69) is 11.0 Å². The van der Waals surface area contributed by atoms with Crippen molar-refractivity contribution in [3.63, 3.8) is 0 Å². The van der Waals surface area contributed by atoms with Crippen LogP contribution in [0, 0.1) is 18.8 Å². The van der Waals surface area contributed by atoms with Gasteiger partial charge in [-0.2, -0.15) is 0 Å². The molecule has 0 radical (unpaired) electrons. The van der Waals surface area contributed by atoms with Gasteiger partial charge in [-0.25, -0.2) is 0 Å². The van der Waals surface area contributed by atoms with Gasteiger partial charge < -0.3 is 9.84 Å². The van der Waals surface area contributed by atoms with E-state index in [1.807, 2.05) is 6.92 Å². The summed E-state index contributed by atoms with van der Waals surface area (Å²) >= 11 is 0. The second-order valence-corrected chi connectivity index (χ2v) is 9.01. The second-order valence-electron chi connectivity index (χ2n) is 9.01. The molecule has 2 aliphatic heterocycles. The van der Waals surface area contributed by atoms with Crippen LogP contribution in [0.4, 0.5) is 0 Å². The topological polar surface area (TPSA) is 49.8 Å². The fraction of sp³-hybridized carbons (Fsp3) is 0.667. The first-order chi connectivity index (χ1) is 12.1. The Morgan fingerprint density at radius 2 is 2.20 bits per heavy atom. The molecule has 6 rings (SSSR count). The van der Waals surface area contributed by atoms with Crippen LogP contribution in [-0.2, 0) is 16.6 Å². The Morgan fingerprint density at radius 3 is 3.00 bits per heavy atom. The first kappa shape index (κ1) is 14.6. The highest BCUT2D eigenvalue weighted by atomic mass is 16.5.